The molecule has 1 rings (SSSR count). The summed E-state index contributed by atoms with van der Waals surface area (Å²) in [6.45, 7) is 3.78. The van der Waals surface area contributed by atoms with Gasteiger partial charge < -0.3 is 19.5 Å². The van der Waals surface area contributed by atoms with Crippen LogP contribution < -0.4 is 14.8 Å². The Morgan fingerprint density at radius 3 is 2.71 bits per heavy atom. The molecular formula is C11H19N3O3. The Balaban J connectivity index is 2.52. The number of ether oxygens (including phenoxy) is 3. The summed E-state index contributed by atoms with van der Waals surface area (Å²) < 4.78 is 16.0. The Hall–Kier alpha value is -1.56. The molecule has 0 fully saturated rings. The van der Waals surface area contributed by atoms with E-state index in [0.717, 1.165) is 13.0 Å². The second-order valence-corrected chi connectivity index (χ2v) is 3.27. The minimum Gasteiger partial charge on any atom is -0.489 e. The molecule has 1 N–H and O–H groups in total. The number of rotatable bonds is 8. The van der Waals surface area contributed by atoms with Crippen molar-refractivity contribution >= 4 is 5.82 Å². The van der Waals surface area contributed by atoms with Crippen LogP contribution in [0, 0.1) is 0 Å². The van der Waals surface area contributed by atoms with Gasteiger partial charge in [-0.05, 0) is 6.42 Å². The highest BCUT2D eigenvalue weighted by molar-refractivity contribution is 5.54. The van der Waals surface area contributed by atoms with Gasteiger partial charge in [-0.2, -0.15) is 4.98 Å². The lowest BCUT2D eigenvalue weighted by Gasteiger charge is -2.11. The Bertz CT molecular complexity index is 334. The van der Waals surface area contributed by atoms with Crippen LogP contribution in [0.1, 0.15) is 13.3 Å². The van der Waals surface area contributed by atoms with Gasteiger partial charge in [-0.25, -0.2) is 4.98 Å². The number of aromatic nitrogens is 2. The molecule has 0 unspecified atom stereocenters. The van der Waals surface area contributed by atoms with Gasteiger partial charge in [-0.15, -0.1) is 0 Å². The van der Waals surface area contributed by atoms with Gasteiger partial charge in [-0.3, -0.25) is 0 Å². The molecule has 1 aromatic rings. The van der Waals surface area contributed by atoms with Gasteiger partial charge in [0.2, 0.25) is 5.75 Å². The molecule has 0 aliphatic heterocycles. The highest BCUT2D eigenvalue weighted by Crippen LogP contribution is 2.30. The van der Waals surface area contributed by atoms with Crippen molar-refractivity contribution in [2.24, 2.45) is 0 Å². The molecule has 0 radical (unpaired) electrons. The van der Waals surface area contributed by atoms with Gasteiger partial charge in [-0.1, -0.05) is 6.92 Å². The summed E-state index contributed by atoms with van der Waals surface area (Å²) in [6.07, 6.45) is 2.43. The van der Waals surface area contributed by atoms with Crippen molar-refractivity contribution in [3.63, 3.8) is 0 Å². The van der Waals surface area contributed by atoms with Crippen LogP contribution in [0.3, 0.4) is 0 Å². The first-order chi connectivity index (χ1) is 8.33. The second kappa shape index (κ2) is 7.67. The average Bonchev–Trinajstić information content (AvgIpc) is 2.38. The van der Waals surface area contributed by atoms with Crippen LogP contribution in [0.2, 0.25) is 0 Å². The summed E-state index contributed by atoms with van der Waals surface area (Å²) in [4.78, 5) is 8.05. The van der Waals surface area contributed by atoms with E-state index in [-0.39, 0.29) is 0 Å². The molecule has 1 heterocycles. The molecule has 0 aliphatic carbocycles. The van der Waals surface area contributed by atoms with Gasteiger partial charge in [0.05, 0.1) is 13.7 Å². The fourth-order valence-electron chi connectivity index (χ4n) is 1.27. The summed E-state index contributed by atoms with van der Waals surface area (Å²) in [5.41, 5.74) is 0. The lowest BCUT2D eigenvalue weighted by Crippen LogP contribution is -2.09. The van der Waals surface area contributed by atoms with Crippen molar-refractivity contribution in [2.45, 2.75) is 13.3 Å². The number of anilines is 1. The van der Waals surface area contributed by atoms with Gasteiger partial charge >= 0.3 is 0 Å². The van der Waals surface area contributed by atoms with E-state index < -0.39 is 0 Å². The van der Waals surface area contributed by atoms with Crippen LogP contribution in [0.25, 0.3) is 0 Å². The predicted octanol–water partition coefficient (Wildman–Crippen LogP) is 1.33. The molecule has 0 saturated heterocycles. The Morgan fingerprint density at radius 1 is 1.24 bits per heavy atom. The van der Waals surface area contributed by atoms with Crippen LogP contribution in [0.15, 0.2) is 6.33 Å². The minimum atomic E-state index is 0.423. The molecule has 0 aromatic carbocycles. The third kappa shape index (κ3) is 4.07. The largest absolute Gasteiger partial charge is 0.489 e. The van der Waals surface area contributed by atoms with E-state index in [9.17, 15) is 0 Å². The summed E-state index contributed by atoms with van der Waals surface area (Å²) >= 11 is 0. The molecule has 0 aliphatic rings. The van der Waals surface area contributed by atoms with Gasteiger partial charge in [0.1, 0.15) is 12.9 Å². The number of nitrogens with zero attached hydrogens (tertiary/aromatic N) is 2. The molecule has 1 aromatic heterocycles. The lowest BCUT2D eigenvalue weighted by atomic mass is 10.5. The van der Waals surface area contributed by atoms with Crippen LogP contribution >= 0.6 is 0 Å². The zero-order chi connectivity index (χ0) is 12.5. The molecule has 0 spiro atoms. The molecule has 6 heteroatoms. The summed E-state index contributed by atoms with van der Waals surface area (Å²) in [7, 11) is 3.32. The van der Waals surface area contributed by atoms with E-state index in [4.69, 9.17) is 14.2 Å². The van der Waals surface area contributed by atoms with Gasteiger partial charge in [0.25, 0.3) is 5.88 Å². The first-order valence-electron chi connectivity index (χ1n) is 5.60. The van der Waals surface area contributed by atoms with Gasteiger partial charge in [0, 0.05) is 13.7 Å². The lowest BCUT2D eigenvalue weighted by molar-refractivity contribution is 0.0977. The van der Waals surface area contributed by atoms with E-state index in [1.54, 1.807) is 14.2 Å². The Morgan fingerprint density at radius 2 is 2.06 bits per heavy atom. The molecule has 0 atom stereocenters. The summed E-state index contributed by atoms with van der Waals surface area (Å²) in [5.74, 6) is 1.53. The van der Waals surface area contributed by atoms with E-state index in [1.165, 1.54) is 6.33 Å². The van der Waals surface area contributed by atoms with Crippen molar-refractivity contribution < 1.29 is 14.2 Å². The van der Waals surface area contributed by atoms with Crippen molar-refractivity contribution in [3.05, 3.63) is 6.33 Å². The zero-order valence-electron chi connectivity index (χ0n) is 10.5. The highest BCUT2D eigenvalue weighted by Gasteiger charge is 2.11. The van der Waals surface area contributed by atoms with Crippen molar-refractivity contribution in [2.75, 3.05) is 39.3 Å². The molecule has 17 heavy (non-hydrogen) atoms. The van der Waals surface area contributed by atoms with Crippen molar-refractivity contribution in [1.82, 2.24) is 9.97 Å². The standard InChI is InChI=1S/C11H19N3O3/c1-4-5-16-6-7-17-11-9(15-3)10(12-2)13-8-14-11/h8H,4-7H2,1-3H3,(H,12,13,14). The third-order valence-electron chi connectivity index (χ3n) is 2.03. The Labute approximate surface area is 101 Å². The van der Waals surface area contributed by atoms with Crippen LogP contribution in [0.5, 0.6) is 11.6 Å². The number of methoxy groups -OCH3 is 1. The van der Waals surface area contributed by atoms with E-state index in [1.807, 2.05) is 0 Å². The molecule has 0 amide bonds. The predicted molar refractivity (Wildman–Crippen MR) is 64.7 cm³/mol. The van der Waals surface area contributed by atoms with Crippen LogP contribution in [0.4, 0.5) is 5.82 Å². The molecule has 0 saturated carbocycles. The normalized spacial score (nSPS) is 10.1. The fraction of sp³-hybridized carbons (Fsp3) is 0.636. The zero-order valence-corrected chi connectivity index (χ0v) is 10.5. The molecule has 96 valence electrons. The first-order valence-corrected chi connectivity index (χ1v) is 5.60. The summed E-state index contributed by atoms with van der Waals surface area (Å²) in [5, 5.41) is 2.91. The molecular weight excluding hydrogens is 222 g/mol. The van der Waals surface area contributed by atoms with Crippen molar-refractivity contribution in [3.8, 4) is 11.6 Å². The average molecular weight is 241 g/mol. The first kappa shape index (κ1) is 13.5. The highest BCUT2D eigenvalue weighted by atomic mass is 16.5. The van der Waals surface area contributed by atoms with E-state index >= 15 is 0 Å². The fourth-order valence-corrected chi connectivity index (χ4v) is 1.27. The minimum absolute atomic E-state index is 0.423. The van der Waals surface area contributed by atoms with E-state index in [0.29, 0.717) is 30.7 Å². The second-order valence-electron chi connectivity index (χ2n) is 3.27. The van der Waals surface area contributed by atoms with Crippen LogP contribution in [-0.4, -0.2) is 43.9 Å². The third-order valence-corrected chi connectivity index (χ3v) is 2.03. The maximum atomic E-state index is 5.48. The van der Waals surface area contributed by atoms with Crippen molar-refractivity contribution in [1.29, 1.82) is 0 Å². The summed E-state index contributed by atoms with van der Waals surface area (Å²) in [6, 6.07) is 0. The molecule has 6 nitrogen and oxygen atoms in total. The number of hydrogen-bond acceptors (Lipinski definition) is 6. The smallest absolute Gasteiger partial charge is 0.262 e. The van der Waals surface area contributed by atoms with Gasteiger partial charge in [0.15, 0.2) is 5.82 Å². The molecule has 0 bridgehead atoms. The maximum Gasteiger partial charge on any atom is 0.262 e. The van der Waals surface area contributed by atoms with Crippen LogP contribution in [-0.2, 0) is 4.74 Å². The topological polar surface area (TPSA) is 65.5 Å². The maximum absolute atomic E-state index is 5.48. The SMILES string of the molecule is CCCOCCOc1ncnc(NC)c1OC. The van der Waals surface area contributed by atoms with E-state index in [2.05, 4.69) is 22.2 Å². The quantitative estimate of drug-likeness (QED) is 0.693. The number of nitrogens with one attached hydrogen (secondary N) is 1. The monoisotopic (exact) mass is 241 g/mol. The number of hydrogen-bond donors (Lipinski definition) is 1. The Kier molecular flexibility index (Phi) is 6.09.